The van der Waals surface area contributed by atoms with Crippen LogP contribution in [0.2, 0.25) is 0 Å². The summed E-state index contributed by atoms with van der Waals surface area (Å²) in [5.41, 5.74) is 0.568. The molecule has 0 N–H and O–H groups in total. The van der Waals surface area contributed by atoms with Crippen LogP contribution in [0.15, 0.2) is 18.2 Å². The molecule has 2 aliphatic carbocycles. The Bertz CT molecular complexity index is 434. The Labute approximate surface area is 113 Å². The normalized spacial score (nSPS) is 29.5. The van der Waals surface area contributed by atoms with Gasteiger partial charge < -0.3 is 9.47 Å². The average molecular weight is 264 g/mol. The summed E-state index contributed by atoms with van der Waals surface area (Å²) < 4.78 is 25.1. The van der Waals surface area contributed by atoms with Crippen molar-refractivity contribution in [3.63, 3.8) is 0 Å². The highest BCUT2D eigenvalue weighted by Crippen LogP contribution is 2.43. The van der Waals surface area contributed by atoms with Gasteiger partial charge in [0.05, 0.1) is 12.7 Å². The first-order chi connectivity index (χ1) is 9.26. The van der Waals surface area contributed by atoms with Gasteiger partial charge in [-0.1, -0.05) is 25.0 Å². The molecular weight excluding hydrogens is 243 g/mol. The molecule has 3 rings (SSSR count). The van der Waals surface area contributed by atoms with Crippen LogP contribution in [0.25, 0.3) is 0 Å². The molecule has 0 heterocycles. The van der Waals surface area contributed by atoms with Gasteiger partial charge in [-0.3, -0.25) is 0 Å². The Hall–Kier alpha value is -1.09. The second-order valence-corrected chi connectivity index (χ2v) is 5.92. The Balaban J connectivity index is 1.71. The standard InChI is InChI=1S/C16H21FO2/c1-18-10-13-3-2-4-15(16(13)17)19-14-8-11-5-6-12(7-11)9-14/h2-4,11-12,14H,5-10H2,1H3/t11-,12+,14?. The highest BCUT2D eigenvalue weighted by atomic mass is 19.1. The predicted octanol–water partition coefficient (Wildman–Crippen LogP) is 3.93. The molecule has 0 amide bonds. The summed E-state index contributed by atoms with van der Waals surface area (Å²) in [5.74, 6) is 1.73. The minimum absolute atomic E-state index is 0.193. The quantitative estimate of drug-likeness (QED) is 0.820. The third kappa shape index (κ3) is 2.76. The number of halogens is 1. The molecule has 104 valence electrons. The SMILES string of the molecule is COCc1cccc(OC2C[C@H]3CC[C@@H](C2)C3)c1F. The van der Waals surface area contributed by atoms with E-state index in [9.17, 15) is 4.39 Å². The summed E-state index contributed by atoms with van der Waals surface area (Å²) >= 11 is 0. The number of ether oxygens (including phenoxy) is 2. The van der Waals surface area contributed by atoms with Crippen molar-refractivity contribution in [3.05, 3.63) is 29.6 Å². The lowest BCUT2D eigenvalue weighted by Gasteiger charge is -2.28. The maximum absolute atomic E-state index is 14.2. The molecule has 0 radical (unpaired) electrons. The van der Waals surface area contributed by atoms with Gasteiger partial charge in [-0.15, -0.1) is 0 Å². The Morgan fingerprint density at radius 3 is 2.58 bits per heavy atom. The third-order valence-electron chi connectivity index (χ3n) is 4.48. The van der Waals surface area contributed by atoms with Crippen LogP contribution < -0.4 is 4.74 Å². The maximum Gasteiger partial charge on any atom is 0.170 e. The molecule has 2 bridgehead atoms. The molecule has 2 saturated carbocycles. The fourth-order valence-electron chi connectivity index (χ4n) is 3.64. The molecule has 2 aliphatic rings. The fourth-order valence-corrected chi connectivity index (χ4v) is 3.64. The molecule has 2 fully saturated rings. The molecule has 3 heteroatoms. The Morgan fingerprint density at radius 1 is 1.16 bits per heavy atom. The van der Waals surface area contributed by atoms with Crippen LogP contribution in [0.4, 0.5) is 4.39 Å². The van der Waals surface area contributed by atoms with Gasteiger partial charge in [0.15, 0.2) is 11.6 Å². The number of hydrogen-bond acceptors (Lipinski definition) is 2. The minimum atomic E-state index is -0.262. The van der Waals surface area contributed by atoms with E-state index in [-0.39, 0.29) is 11.9 Å². The van der Waals surface area contributed by atoms with E-state index in [1.54, 1.807) is 19.2 Å². The Morgan fingerprint density at radius 2 is 1.89 bits per heavy atom. The minimum Gasteiger partial charge on any atom is -0.487 e. The van der Waals surface area contributed by atoms with Gasteiger partial charge in [-0.25, -0.2) is 4.39 Å². The molecule has 0 saturated heterocycles. The van der Waals surface area contributed by atoms with Crippen molar-refractivity contribution in [1.29, 1.82) is 0 Å². The number of rotatable bonds is 4. The molecule has 1 aromatic rings. The molecule has 0 aliphatic heterocycles. The zero-order valence-corrected chi connectivity index (χ0v) is 11.4. The van der Waals surface area contributed by atoms with Crippen LogP contribution in [0.1, 0.15) is 37.7 Å². The van der Waals surface area contributed by atoms with Crippen molar-refractivity contribution in [1.82, 2.24) is 0 Å². The Kier molecular flexibility index (Phi) is 3.74. The van der Waals surface area contributed by atoms with Crippen LogP contribution in [0.5, 0.6) is 5.75 Å². The summed E-state index contributed by atoms with van der Waals surface area (Å²) in [6.07, 6.45) is 6.38. The fraction of sp³-hybridized carbons (Fsp3) is 0.625. The lowest BCUT2D eigenvalue weighted by atomic mass is 9.87. The van der Waals surface area contributed by atoms with E-state index >= 15 is 0 Å². The first-order valence-corrected chi connectivity index (χ1v) is 7.19. The molecule has 0 aromatic heterocycles. The maximum atomic E-state index is 14.2. The van der Waals surface area contributed by atoms with Gasteiger partial charge in [-0.05, 0) is 37.2 Å². The van der Waals surface area contributed by atoms with Crippen molar-refractivity contribution >= 4 is 0 Å². The third-order valence-corrected chi connectivity index (χ3v) is 4.48. The second kappa shape index (κ2) is 5.49. The van der Waals surface area contributed by atoms with E-state index in [1.165, 1.54) is 19.3 Å². The molecule has 19 heavy (non-hydrogen) atoms. The van der Waals surface area contributed by atoms with E-state index in [0.717, 1.165) is 24.7 Å². The van der Waals surface area contributed by atoms with Gasteiger partial charge in [0, 0.05) is 12.7 Å². The van der Waals surface area contributed by atoms with Crippen LogP contribution in [0, 0.1) is 17.7 Å². The topological polar surface area (TPSA) is 18.5 Å². The molecule has 0 spiro atoms. The van der Waals surface area contributed by atoms with E-state index in [0.29, 0.717) is 17.9 Å². The van der Waals surface area contributed by atoms with E-state index in [1.807, 2.05) is 6.07 Å². The molecular formula is C16H21FO2. The molecule has 3 atom stereocenters. The predicted molar refractivity (Wildman–Crippen MR) is 71.6 cm³/mol. The molecule has 1 aromatic carbocycles. The van der Waals surface area contributed by atoms with Crippen molar-refractivity contribution < 1.29 is 13.9 Å². The van der Waals surface area contributed by atoms with Crippen molar-refractivity contribution in [2.45, 2.75) is 44.8 Å². The van der Waals surface area contributed by atoms with Crippen LogP contribution >= 0.6 is 0 Å². The lowest BCUT2D eigenvalue weighted by Crippen LogP contribution is -2.26. The molecule has 2 nitrogen and oxygen atoms in total. The zero-order valence-electron chi connectivity index (χ0n) is 11.4. The van der Waals surface area contributed by atoms with Gasteiger partial charge >= 0.3 is 0 Å². The average Bonchev–Trinajstić information content (AvgIpc) is 2.74. The number of fused-ring (bicyclic) bond motifs is 2. The number of methoxy groups -OCH3 is 1. The van der Waals surface area contributed by atoms with Gasteiger partial charge in [-0.2, -0.15) is 0 Å². The summed E-state index contributed by atoms with van der Waals surface area (Å²) in [5, 5.41) is 0. The van der Waals surface area contributed by atoms with Gasteiger partial charge in [0.2, 0.25) is 0 Å². The van der Waals surface area contributed by atoms with E-state index in [2.05, 4.69) is 0 Å². The van der Waals surface area contributed by atoms with Crippen molar-refractivity contribution in [3.8, 4) is 5.75 Å². The summed E-state index contributed by atoms with van der Waals surface area (Å²) in [6, 6.07) is 5.31. The summed E-state index contributed by atoms with van der Waals surface area (Å²) in [6.45, 7) is 0.291. The highest BCUT2D eigenvalue weighted by Gasteiger charge is 2.35. The van der Waals surface area contributed by atoms with Crippen LogP contribution in [0.3, 0.4) is 0 Å². The van der Waals surface area contributed by atoms with Crippen molar-refractivity contribution in [2.24, 2.45) is 11.8 Å². The highest BCUT2D eigenvalue weighted by molar-refractivity contribution is 5.31. The van der Waals surface area contributed by atoms with Crippen LogP contribution in [-0.4, -0.2) is 13.2 Å². The summed E-state index contributed by atoms with van der Waals surface area (Å²) in [4.78, 5) is 0. The monoisotopic (exact) mass is 264 g/mol. The molecule has 1 unspecified atom stereocenters. The van der Waals surface area contributed by atoms with Gasteiger partial charge in [0.1, 0.15) is 0 Å². The van der Waals surface area contributed by atoms with E-state index < -0.39 is 0 Å². The van der Waals surface area contributed by atoms with Crippen LogP contribution in [-0.2, 0) is 11.3 Å². The van der Waals surface area contributed by atoms with Crippen molar-refractivity contribution in [2.75, 3.05) is 7.11 Å². The number of hydrogen-bond donors (Lipinski definition) is 0. The number of benzene rings is 1. The smallest absolute Gasteiger partial charge is 0.170 e. The largest absolute Gasteiger partial charge is 0.487 e. The zero-order chi connectivity index (χ0) is 13.2. The van der Waals surface area contributed by atoms with E-state index in [4.69, 9.17) is 9.47 Å². The lowest BCUT2D eigenvalue weighted by molar-refractivity contribution is 0.113. The first-order valence-electron chi connectivity index (χ1n) is 7.19. The van der Waals surface area contributed by atoms with Gasteiger partial charge in [0.25, 0.3) is 0 Å². The summed E-state index contributed by atoms with van der Waals surface area (Å²) in [7, 11) is 1.58. The first kappa shape index (κ1) is 12.9. The second-order valence-electron chi connectivity index (χ2n) is 5.92.